The van der Waals surface area contributed by atoms with Crippen LogP contribution in [0.15, 0.2) is 42.5 Å². The molecule has 2 rings (SSSR count). The average molecular weight is 292 g/mol. The summed E-state index contributed by atoms with van der Waals surface area (Å²) in [4.78, 5) is 12.0. The third-order valence-corrected chi connectivity index (χ3v) is 2.98. The van der Waals surface area contributed by atoms with Gasteiger partial charge in [-0.2, -0.15) is 0 Å². The SMILES string of the molecule is COc1cc(N)ccc1C(=O)OCc1ccc(Cl)cc1. The Bertz CT molecular complexity index is 611. The van der Waals surface area contributed by atoms with Crippen molar-refractivity contribution in [3.63, 3.8) is 0 Å². The van der Waals surface area contributed by atoms with Gasteiger partial charge in [0.05, 0.1) is 7.11 Å². The van der Waals surface area contributed by atoms with E-state index in [0.29, 0.717) is 22.0 Å². The first-order valence-electron chi connectivity index (χ1n) is 5.95. The minimum Gasteiger partial charge on any atom is -0.496 e. The van der Waals surface area contributed by atoms with Crippen LogP contribution in [0.3, 0.4) is 0 Å². The molecule has 0 aliphatic rings. The van der Waals surface area contributed by atoms with Crippen molar-refractivity contribution in [2.75, 3.05) is 12.8 Å². The minimum absolute atomic E-state index is 0.170. The smallest absolute Gasteiger partial charge is 0.342 e. The fraction of sp³-hybridized carbons (Fsp3) is 0.133. The minimum atomic E-state index is -0.461. The van der Waals surface area contributed by atoms with Gasteiger partial charge in [-0.25, -0.2) is 4.79 Å². The van der Waals surface area contributed by atoms with Crippen LogP contribution in [-0.4, -0.2) is 13.1 Å². The molecule has 0 radical (unpaired) electrons. The van der Waals surface area contributed by atoms with Crippen molar-refractivity contribution >= 4 is 23.3 Å². The van der Waals surface area contributed by atoms with Crippen LogP contribution in [-0.2, 0) is 11.3 Å². The normalized spacial score (nSPS) is 10.1. The molecule has 104 valence electrons. The molecular weight excluding hydrogens is 278 g/mol. The number of nitrogen functional groups attached to an aromatic ring is 1. The lowest BCUT2D eigenvalue weighted by molar-refractivity contribution is 0.0469. The summed E-state index contributed by atoms with van der Waals surface area (Å²) in [6.45, 7) is 0.170. The lowest BCUT2D eigenvalue weighted by atomic mass is 10.2. The van der Waals surface area contributed by atoms with Crippen LogP contribution in [0.5, 0.6) is 5.75 Å². The molecule has 4 nitrogen and oxygen atoms in total. The standard InChI is InChI=1S/C15H14ClNO3/c1-19-14-8-12(17)6-7-13(14)15(18)20-9-10-2-4-11(16)5-3-10/h2-8H,9,17H2,1H3. The van der Waals surface area contributed by atoms with E-state index in [4.69, 9.17) is 26.8 Å². The fourth-order valence-electron chi connectivity index (χ4n) is 1.68. The summed E-state index contributed by atoms with van der Waals surface area (Å²) in [6.07, 6.45) is 0. The van der Waals surface area contributed by atoms with E-state index in [1.807, 2.05) is 0 Å². The van der Waals surface area contributed by atoms with Crippen molar-refractivity contribution in [2.45, 2.75) is 6.61 Å². The molecule has 0 atom stereocenters. The van der Waals surface area contributed by atoms with Gasteiger partial charge >= 0.3 is 5.97 Å². The molecule has 2 aromatic carbocycles. The highest BCUT2D eigenvalue weighted by Gasteiger charge is 2.14. The largest absolute Gasteiger partial charge is 0.496 e. The number of esters is 1. The number of benzene rings is 2. The van der Waals surface area contributed by atoms with Crippen molar-refractivity contribution in [3.05, 3.63) is 58.6 Å². The number of halogens is 1. The Morgan fingerprint density at radius 2 is 1.90 bits per heavy atom. The molecule has 20 heavy (non-hydrogen) atoms. The van der Waals surface area contributed by atoms with Gasteiger partial charge in [-0.05, 0) is 29.8 Å². The molecule has 5 heteroatoms. The molecule has 0 fully saturated rings. The van der Waals surface area contributed by atoms with Crippen molar-refractivity contribution < 1.29 is 14.3 Å². The van der Waals surface area contributed by atoms with Crippen molar-refractivity contribution in [3.8, 4) is 5.75 Å². The number of anilines is 1. The Morgan fingerprint density at radius 3 is 2.55 bits per heavy atom. The van der Waals surface area contributed by atoms with Crippen LogP contribution >= 0.6 is 11.6 Å². The van der Waals surface area contributed by atoms with Crippen LogP contribution in [0.1, 0.15) is 15.9 Å². The second-order valence-electron chi connectivity index (χ2n) is 4.16. The Labute approximate surface area is 122 Å². The van der Waals surface area contributed by atoms with E-state index in [2.05, 4.69) is 0 Å². The first-order valence-corrected chi connectivity index (χ1v) is 6.33. The van der Waals surface area contributed by atoms with Crippen LogP contribution in [0.4, 0.5) is 5.69 Å². The summed E-state index contributed by atoms with van der Waals surface area (Å²) in [7, 11) is 1.48. The molecule has 0 aliphatic carbocycles. The van der Waals surface area contributed by atoms with Gasteiger partial charge in [0.15, 0.2) is 0 Å². The van der Waals surface area contributed by atoms with E-state index < -0.39 is 5.97 Å². The quantitative estimate of drug-likeness (QED) is 0.693. The maximum absolute atomic E-state index is 12.0. The predicted molar refractivity (Wildman–Crippen MR) is 78.0 cm³/mol. The zero-order valence-corrected chi connectivity index (χ0v) is 11.7. The van der Waals surface area contributed by atoms with E-state index in [1.165, 1.54) is 7.11 Å². The van der Waals surface area contributed by atoms with E-state index in [0.717, 1.165) is 5.56 Å². The Kier molecular flexibility index (Phi) is 4.48. The van der Waals surface area contributed by atoms with E-state index >= 15 is 0 Å². The van der Waals surface area contributed by atoms with Gasteiger partial charge in [-0.15, -0.1) is 0 Å². The molecule has 0 bridgehead atoms. The molecule has 0 aliphatic heterocycles. The maximum Gasteiger partial charge on any atom is 0.342 e. The Balaban J connectivity index is 2.07. The summed E-state index contributed by atoms with van der Waals surface area (Å²) in [5.74, 6) is -0.0668. The number of ether oxygens (including phenoxy) is 2. The Hall–Kier alpha value is -2.20. The first-order chi connectivity index (χ1) is 9.60. The molecule has 0 aromatic heterocycles. The summed E-state index contributed by atoms with van der Waals surface area (Å²) in [6, 6.07) is 11.9. The topological polar surface area (TPSA) is 61.5 Å². The molecule has 0 saturated carbocycles. The summed E-state index contributed by atoms with van der Waals surface area (Å²) in [5, 5.41) is 0.639. The van der Waals surface area contributed by atoms with Gasteiger partial charge < -0.3 is 15.2 Å². The second kappa shape index (κ2) is 6.30. The second-order valence-corrected chi connectivity index (χ2v) is 4.60. The monoisotopic (exact) mass is 291 g/mol. The first kappa shape index (κ1) is 14.2. The third kappa shape index (κ3) is 3.42. The van der Waals surface area contributed by atoms with Gasteiger partial charge in [0.2, 0.25) is 0 Å². The molecule has 0 spiro atoms. The lowest BCUT2D eigenvalue weighted by Gasteiger charge is -2.09. The average Bonchev–Trinajstić information content (AvgIpc) is 2.46. The number of hydrogen-bond acceptors (Lipinski definition) is 4. The van der Waals surface area contributed by atoms with Gasteiger partial charge in [-0.1, -0.05) is 23.7 Å². The third-order valence-electron chi connectivity index (χ3n) is 2.73. The number of carbonyl (C=O) groups is 1. The van der Waals surface area contributed by atoms with E-state index in [1.54, 1.807) is 42.5 Å². The van der Waals surface area contributed by atoms with Crippen molar-refractivity contribution in [1.29, 1.82) is 0 Å². The molecular formula is C15H14ClNO3. The predicted octanol–water partition coefficient (Wildman–Crippen LogP) is 3.29. The van der Waals surface area contributed by atoms with Gasteiger partial charge in [-0.3, -0.25) is 0 Å². The molecule has 0 unspecified atom stereocenters. The van der Waals surface area contributed by atoms with Gasteiger partial charge in [0, 0.05) is 16.8 Å². The molecule has 2 N–H and O–H groups in total. The van der Waals surface area contributed by atoms with Crippen LogP contribution < -0.4 is 10.5 Å². The molecule has 2 aromatic rings. The van der Waals surface area contributed by atoms with Crippen LogP contribution in [0.2, 0.25) is 5.02 Å². The Morgan fingerprint density at radius 1 is 1.20 bits per heavy atom. The van der Waals surface area contributed by atoms with Crippen molar-refractivity contribution in [2.24, 2.45) is 0 Å². The summed E-state index contributed by atoms with van der Waals surface area (Å²) >= 11 is 5.79. The summed E-state index contributed by atoms with van der Waals surface area (Å²) < 4.78 is 10.4. The van der Waals surface area contributed by atoms with Gasteiger partial charge in [0.1, 0.15) is 17.9 Å². The number of methoxy groups -OCH3 is 1. The lowest BCUT2D eigenvalue weighted by Crippen LogP contribution is -2.07. The maximum atomic E-state index is 12.0. The highest BCUT2D eigenvalue weighted by atomic mass is 35.5. The summed E-state index contributed by atoms with van der Waals surface area (Å²) in [5.41, 5.74) is 7.36. The molecule has 0 amide bonds. The zero-order chi connectivity index (χ0) is 14.5. The van der Waals surface area contributed by atoms with Crippen LogP contribution in [0.25, 0.3) is 0 Å². The highest BCUT2D eigenvalue weighted by molar-refractivity contribution is 6.30. The number of carbonyl (C=O) groups excluding carboxylic acids is 1. The van der Waals surface area contributed by atoms with Crippen molar-refractivity contribution in [1.82, 2.24) is 0 Å². The van der Waals surface area contributed by atoms with Crippen LogP contribution in [0, 0.1) is 0 Å². The molecule has 0 heterocycles. The number of rotatable bonds is 4. The number of nitrogens with two attached hydrogens (primary N) is 1. The van der Waals surface area contributed by atoms with E-state index in [-0.39, 0.29) is 6.61 Å². The molecule has 0 saturated heterocycles. The number of hydrogen-bond donors (Lipinski definition) is 1. The van der Waals surface area contributed by atoms with Gasteiger partial charge in [0.25, 0.3) is 0 Å². The highest BCUT2D eigenvalue weighted by Crippen LogP contribution is 2.22. The zero-order valence-electron chi connectivity index (χ0n) is 10.9. The fourth-order valence-corrected chi connectivity index (χ4v) is 1.81. The van der Waals surface area contributed by atoms with E-state index in [9.17, 15) is 4.79 Å².